The maximum Gasteiger partial charge on any atom is 0.407 e. The van der Waals surface area contributed by atoms with Crippen molar-refractivity contribution in [3.8, 4) is 0 Å². The second-order valence-corrected chi connectivity index (χ2v) is 12.1. The van der Waals surface area contributed by atoms with Crippen LogP contribution in [0.1, 0.15) is 52.7 Å². The summed E-state index contributed by atoms with van der Waals surface area (Å²) in [6.45, 7) is 15.0. The second-order valence-electron chi connectivity index (χ2n) is 12.1. The van der Waals surface area contributed by atoms with Gasteiger partial charge in [-0.25, -0.2) is 14.6 Å². The van der Waals surface area contributed by atoms with Crippen LogP contribution in [-0.4, -0.2) is 87.3 Å². The number of rotatable bonds is 14. The predicted molar refractivity (Wildman–Crippen MR) is 163 cm³/mol. The van der Waals surface area contributed by atoms with Crippen LogP contribution >= 0.6 is 0 Å². The third-order valence-electron chi connectivity index (χ3n) is 6.52. The van der Waals surface area contributed by atoms with Gasteiger partial charge in [-0.3, -0.25) is 15.0 Å². The van der Waals surface area contributed by atoms with Crippen LogP contribution in [0.15, 0.2) is 36.9 Å². The van der Waals surface area contributed by atoms with Crippen molar-refractivity contribution in [2.45, 2.75) is 66.3 Å². The Hall–Kier alpha value is -3.97. The van der Waals surface area contributed by atoms with Crippen molar-refractivity contribution in [1.82, 2.24) is 26.4 Å². The Morgan fingerprint density at radius 1 is 0.884 bits per heavy atom. The first-order valence-electron chi connectivity index (χ1n) is 13.8. The Labute approximate surface area is 254 Å². The lowest BCUT2D eigenvalue weighted by Gasteiger charge is -2.34. The van der Waals surface area contributed by atoms with Gasteiger partial charge in [-0.15, -0.1) is 0 Å². The molecule has 3 unspecified atom stereocenters. The minimum Gasteiger partial charge on any atom is -0.453 e. The van der Waals surface area contributed by atoms with Crippen LogP contribution in [0.25, 0.3) is 0 Å². The highest BCUT2D eigenvalue weighted by Gasteiger charge is 2.35. The van der Waals surface area contributed by atoms with E-state index in [0.717, 1.165) is 5.56 Å². The van der Waals surface area contributed by atoms with Crippen molar-refractivity contribution in [2.24, 2.45) is 10.8 Å². The summed E-state index contributed by atoms with van der Waals surface area (Å²) < 4.78 is 15.0. The van der Waals surface area contributed by atoms with Crippen LogP contribution in [0.3, 0.4) is 0 Å². The van der Waals surface area contributed by atoms with Gasteiger partial charge in [0.1, 0.15) is 12.1 Å². The molecule has 0 bridgehead atoms. The van der Waals surface area contributed by atoms with E-state index in [-0.39, 0.29) is 25.3 Å². The minimum absolute atomic E-state index is 0.0652. The van der Waals surface area contributed by atoms with Gasteiger partial charge in [0.25, 0.3) is 5.91 Å². The first kappa shape index (κ1) is 37.1. The number of hydrazine groups is 1. The normalized spacial score (nSPS) is 13.6. The maximum atomic E-state index is 13.5. The van der Waals surface area contributed by atoms with Crippen molar-refractivity contribution in [1.29, 1.82) is 5.41 Å². The van der Waals surface area contributed by atoms with Gasteiger partial charge < -0.3 is 35.6 Å². The Kier molecular flexibility index (Phi) is 14.3. The number of alkyl carbamates (subject to hydrolysis) is 2. The molecule has 0 saturated carbocycles. The average molecular weight is 605 g/mol. The van der Waals surface area contributed by atoms with Crippen LogP contribution in [0.4, 0.5) is 9.59 Å². The summed E-state index contributed by atoms with van der Waals surface area (Å²) >= 11 is 0. The first-order valence-corrected chi connectivity index (χ1v) is 13.8. The van der Waals surface area contributed by atoms with E-state index in [2.05, 4.69) is 32.7 Å². The average Bonchev–Trinajstić information content (AvgIpc) is 2.94. The molecule has 0 aliphatic heterocycles. The smallest absolute Gasteiger partial charge is 0.407 e. The number of carbonyl (C=O) groups excluding carboxylic acids is 4. The van der Waals surface area contributed by atoms with E-state index in [1.54, 1.807) is 17.1 Å². The number of hydrogen-bond donors (Lipinski definition) is 5. The molecule has 0 saturated heterocycles. The van der Waals surface area contributed by atoms with Gasteiger partial charge >= 0.3 is 12.2 Å². The molecule has 0 radical (unpaired) electrons. The molecule has 0 fully saturated rings. The molecule has 3 atom stereocenters. The predicted octanol–water partition coefficient (Wildman–Crippen LogP) is 2.75. The van der Waals surface area contributed by atoms with Crippen molar-refractivity contribution >= 4 is 29.7 Å². The lowest BCUT2D eigenvalue weighted by atomic mass is 9.86. The van der Waals surface area contributed by atoms with Crippen LogP contribution in [0.5, 0.6) is 0 Å². The summed E-state index contributed by atoms with van der Waals surface area (Å²) in [5.41, 5.74) is 3.42. The highest BCUT2D eigenvalue weighted by Crippen LogP contribution is 2.21. The Morgan fingerprint density at radius 2 is 1.37 bits per heavy atom. The number of nitrogens with one attached hydrogen (secondary N) is 5. The van der Waals surface area contributed by atoms with Gasteiger partial charge in [0.05, 0.1) is 26.0 Å². The fourth-order valence-electron chi connectivity index (χ4n) is 3.99. The minimum atomic E-state index is -0.935. The number of methoxy groups -OCH3 is 3. The lowest BCUT2D eigenvalue weighted by Crippen LogP contribution is -2.58. The summed E-state index contributed by atoms with van der Waals surface area (Å²) in [6.07, 6.45) is -0.605. The molecule has 4 amide bonds. The molecule has 0 aliphatic rings. The number of ether oxygens (including phenoxy) is 3. The van der Waals surface area contributed by atoms with E-state index in [1.807, 2.05) is 53.7 Å². The maximum absolute atomic E-state index is 13.5. The van der Waals surface area contributed by atoms with Crippen molar-refractivity contribution in [3.63, 3.8) is 0 Å². The van der Waals surface area contributed by atoms with Crippen LogP contribution in [0.2, 0.25) is 0 Å². The Balaban J connectivity index is 3.21. The van der Waals surface area contributed by atoms with E-state index in [1.165, 1.54) is 27.4 Å². The summed E-state index contributed by atoms with van der Waals surface area (Å²) in [5, 5.41) is 17.6. The number of nitrogens with zero attached hydrogens (tertiary/aromatic N) is 1. The van der Waals surface area contributed by atoms with Gasteiger partial charge in [-0.05, 0) is 28.0 Å². The zero-order chi connectivity index (χ0) is 33.0. The fraction of sp³-hybridized carbons (Fsp3) is 0.567. The van der Waals surface area contributed by atoms with Crippen molar-refractivity contribution in [3.05, 3.63) is 48.0 Å². The van der Waals surface area contributed by atoms with Gasteiger partial charge in [-0.1, -0.05) is 72.4 Å². The van der Waals surface area contributed by atoms with Crippen molar-refractivity contribution < 1.29 is 33.4 Å². The third-order valence-corrected chi connectivity index (χ3v) is 6.52. The molecule has 5 N–H and O–H groups in total. The Morgan fingerprint density at radius 3 is 1.79 bits per heavy atom. The zero-order valence-corrected chi connectivity index (χ0v) is 26.8. The number of amides is 4. The van der Waals surface area contributed by atoms with E-state index in [9.17, 15) is 19.2 Å². The third kappa shape index (κ3) is 12.4. The standard InChI is InChI=1S/C30H48N6O7/c1-11-22(31)20-14-12-19(13-15-20)17-36(35-26(38)24(30(5,6)7)34-28(40)43-10)18-21(41-8)16-32-25(37)23(29(2,3)4)33-27(39)42-9/h11-15,21,23-24,31H,1,16-18H2,2-10H3,(H,32,37)(H,33,39)(H,34,40)(H,35,38). The van der Waals surface area contributed by atoms with E-state index < -0.39 is 53.0 Å². The summed E-state index contributed by atoms with van der Waals surface area (Å²) in [5.74, 6) is -0.900. The van der Waals surface area contributed by atoms with Gasteiger partial charge in [0, 0.05) is 26.7 Å². The SMILES string of the molecule is C=CC(=N)c1ccc(CN(CC(CNC(=O)C(NC(=O)OC)C(C)(C)C)OC)NC(=O)C(NC(=O)OC)C(C)(C)C)cc1. The molecule has 13 nitrogen and oxygen atoms in total. The van der Waals surface area contributed by atoms with Gasteiger partial charge in [-0.2, -0.15) is 0 Å². The van der Waals surface area contributed by atoms with Crippen LogP contribution in [0, 0.1) is 16.2 Å². The largest absolute Gasteiger partial charge is 0.453 e. The Bertz CT molecular complexity index is 1130. The molecule has 1 aromatic rings. The number of hydrogen-bond acceptors (Lipinski definition) is 9. The zero-order valence-electron chi connectivity index (χ0n) is 26.8. The number of allylic oxidation sites excluding steroid dienone is 1. The molecule has 43 heavy (non-hydrogen) atoms. The lowest BCUT2D eigenvalue weighted by molar-refractivity contribution is -0.132. The quantitative estimate of drug-likeness (QED) is 0.159. The summed E-state index contributed by atoms with van der Waals surface area (Å²) in [6, 6.07) is 5.41. The molecule has 0 heterocycles. The summed E-state index contributed by atoms with van der Waals surface area (Å²) in [4.78, 5) is 50.4. The highest BCUT2D eigenvalue weighted by atomic mass is 16.5. The van der Waals surface area contributed by atoms with E-state index in [0.29, 0.717) is 5.56 Å². The molecule has 1 aromatic carbocycles. The number of carbonyl (C=O) groups is 4. The first-order chi connectivity index (χ1) is 20.0. The molecule has 240 valence electrons. The molecule has 0 spiro atoms. The summed E-state index contributed by atoms with van der Waals surface area (Å²) in [7, 11) is 3.92. The molecule has 13 heteroatoms. The molecule has 0 aromatic heterocycles. The molecular formula is C30H48N6O7. The highest BCUT2D eigenvalue weighted by molar-refractivity contribution is 6.06. The van der Waals surface area contributed by atoms with E-state index in [4.69, 9.17) is 14.9 Å². The topological polar surface area (TPSA) is 171 Å². The fourth-order valence-corrected chi connectivity index (χ4v) is 3.99. The van der Waals surface area contributed by atoms with Crippen LogP contribution < -0.4 is 21.4 Å². The molecule has 1 rings (SSSR count). The van der Waals surface area contributed by atoms with Crippen molar-refractivity contribution in [2.75, 3.05) is 34.4 Å². The molecular weight excluding hydrogens is 556 g/mol. The second kappa shape index (κ2) is 16.6. The van der Waals surface area contributed by atoms with Gasteiger partial charge in [0.15, 0.2) is 0 Å². The monoisotopic (exact) mass is 604 g/mol. The molecule has 0 aliphatic carbocycles. The van der Waals surface area contributed by atoms with Gasteiger partial charge in [0.2, 0.25) is 5.91 Å². The van der Waals surface area contributed by atoms with E-state index >= 15 is 0 Å². The number of benzene rings is 1. The van der Waals surface area contributed by atoms with Crippen LogP contribution in [-0.2, 0) is 30.3 Å².